The number of nitrogens with one attached hydrogen (secondary N) is 5. The second-order valence-electron chi connectivity index (χ2n) is 19.7. The molecule has 6 rings (SSSR count). The van der Waals surface area contributed by atoms with Crippen molar-refractivity contribution in [3.8, 4) is 0 Å². The van der Waals surface area contributed by atoms with E-state index in [1.807, 2.05) is 6.92 Å². The lowest BCUT2D eigenvalue weighted by molar-refractivity contribution is -0.145. The molecule has 21 nitrogen and oxygen atoms in total. The molecule has 4 aliphatic rings. The van der Waals surface area contributed by atoms with Gasteiger partial charge in [-0.05, 0) is 47.8 Å². The zero-order valence-corrected chi connectivity index (χ0v) is 43.4. The quantitative estimate of drug-likeness (QED) is 0.150. The maximum atomic E-state index is 14.8. The third-order valence-electron chi connectivity index (χ3n) is 14.4. The van der Waals surface area contributed by atoms with Gasteiger partial charge < -0.3 is 42.0 Å². The summed E-state index contributed by atoms with van der Waals surface area (Å²) in [5.41, 5.74) is 7.06. The Bertz CT molecular complexity index is 2550. The Labute approximate surface area is 431 Å². The molecule has 2 unspecified atom stereocenters. The van der Waals surface area contributed by atoms with Gasteiger partial charge in [0.2, 0.25) is 47.3 Å². The minimum Gasteiger partial charge on any atom is -0.391 e. The van der Waals surface area contributed by atoms with Gasteiger partial charge in [-0.25, -0.2) is 0 Å². The number of imide groups is 1. The smallest absolute Gasteiger partial charge is 0.243 e. The Morgan fingerprint density at radius 3 is 2.19 bits per heavy atom. The van der Waals surface area contributed by atoms with Crippen LogP contribution in [0.5, 0.6) is 0 Å². The molecule has 0 saturated carbocycles. The summed E-state index contributed by atoms with van der Waals surface area (Å²) >= 11 is 2.29. The first-order valence-electron chi connectivity index (χ1n) is 24.8. The summed E-state index contributed by atoms with van der Waals surface area (Å²) in [6.07, 6.45) is -1.78. The summed E-state index contributed by atoms with van der Waals surface area (Å²) in [6.45, 7) is 5.72. The minimum atomic E-state index is -1.44. The molecule has 23 heteroatoms. The lowest BCUT2D eigenvalue weighted by atomic mass is 9.86. The van der Waals surface area contributed by atoms with Crippen LogP contribution >= 0.6 is 23.5 Å². The molecule has 10 atom stereocenters. The molecule has 2 bridgehead atoms. The molecule has 8 amide bonds. The molecule has 0 spiro atoms. The number of H-pyrrole nitrogens is 1. The molecule has 2 fully saturated rings. The number of aromatic amines is 1. The number of nitrogens with zero attached hydrogens (tertiary/aromatic N) is 2. The monoisotopic (exact) mass is 1050 g/mol. The van der Waals surface area contributed by atoms with Crippen LogP contribution in [0.25, 0.3) is 10.9 Å². The Kier molecular flexibility index (Phi) is 19.2. The number of carbonyl (C=O) groups excluding carboxylic acids is 12. The van der Waals surface area contributed by atoms with Crippen molar-refractivity contribution in [1.82, 2.24) is 36.1 Å². The van der Waals surface area contributed by atoms with Crippen molar-refractivity contribution < 1.29 is 62.6 Å². The van der Waals surface area contributed by atoms with E-state index in [-0.39, 0.29) is 44.4 Å². The second kappa shape index (κ2) is 24.9. The number of thioether (sulfide) groups is 2. The third-order valence-corrected chi connectivity index (χ3v) is 16.5. The van der Waals surface area contributed by atoms with Gasteiger partial charge in [0, 0.05) is 80.5 Å². The summed E-state index contributed by atoms with van der Waals surface area (Å²) in [7, 11) is 0. The highest BCUT2D eigenvalue weighted by atomic mass is 32.2. The fourth-order valence-electron chi connectivity index (χ4n) is 9.84. The number of ketones is 4. The lowest BCUT2D eigenvalue weighted by Crippen LogP contribution is -2.54. The zero-order chi connectivity index (χ0) is 53.4. The SMILES string of the molecule is CCC(C)[C@@H]1NC(=O)[C@@H]2C[C@@H](O)CN2C(=O)[C@H](CC(N)=O)CC(=O)[C@@H]2CSc3[nH]c4ccc(CC(=O)CN5C(=O)CC(SC)C5=O)cc4c3C[C@H](CC1=O)C(=O)NCC(=O)N[C@@H]([C@@H](C)CC)C(=O)CCC(=O)N2. The van der Waals surface area contributed by atoms with E-state index in [4.69, 9.17) is 5.73 Å². The van der Waals surface area contributed by atoms with E-state index >= 15 is 0 Å². The maximum absolute atomic E-state index is 14.8. The number of aliphatic hydroxyl groups is 1. The molecule has 1 aromatic carbocycles. The van der Waals surface area contributed by atoms with E-state index in [2.05, 4.69) is 26.3 Å². The average molecular weight is 1050 g/mol. The van der Waals surface area contributed by atoms with Crippen LogP contribution in [0.15, 0.2) is 23.2 Å². The first kappa shape index (κ1) is 56.4. The molecule has 4 aliphatic heterocycles. The van der Waals surface area contributed by atoms with Gasteiger partial charge in [0.25, 0.3) is 0 Å². The average Bonchev–Trinajstić information content (AvgIpc) is 4.00. The molecule has 0 radical (unpaired) electrons. The molecular formula is C50H66N8O13S2. The zero-order valence-electron chi connectivity index (χ0n) is 41.7. The van der Waals surface area contributed by atoms with Crippen molar-refractivity contribution in [3.05, 3.63) is 29.3 Å². The molecule has 396 valence electrons. The minimum absolute atomic E-state index is 0.0114. The predicted octanol–water partition coefficient (Wildman–Crippen LogP) is 0.432. The van der Waals surface area contributed by atoms with E-state index in [9.17, 15) is 62.6 Å². The van der Waals surface area contributed by atoms with Crippen LogP contribution in [0, 0.1) is 23.7 Å². The second-order valence-corrected chi connectivity index (χ2v) is 21.8. The molecule has 2 aromatic rings. The lowest BCUT2D eigenvalue weighted by Gasteiger charge is -2.31. The van der Waals surface area contributed by atoms with Gasteiger partial charge in [0.05, 0.1) is 53.5 Å². The number of fused-ring (bicyclic) bond motifs is 5. The highest BCUT2D eigenvalue weighted by Crippen LogP contribution is 2.35. The summed E-state index contributed by atoms with van der Waals surface area (Å²) in [4.78, 5) is 171. The van der Waals surface area contributed by atoms with E-state index in [0.717, 1.165) is 21.6 Å². The van der Waals surface area contributed by atoms with Crippen LogP contribution in [-0.2, 0) is 70.4 Å². The number of carbonyl (C=O) groups is 12. The van der Waals surface area contributed by atoms with Gasteiger partial charge in [-0.1, -0.05) is 46.6 Å². The fraction of sp³-hybridized carbons (Fsp3) is 0.600. The number of benzene rings is 1. The Balaban J connectivity index is 1.49. The highest BCUT2D eigenvalue weighted by molar-refractivity contribution is 8.00. The Hall–Kier alpha value is -5.94. The number of nitrogens with two attached hydrogens (primary N) is 1. The number of aliphatic hydroxyl groups excluding tert-OH is 1. The molecule has 8 N–H and O–H groups in total. The van der Waals surface area contributed by atoms with Gasteiger partial charge >= 0.3 is 0 Å². The van der Waals surface area contributed by atoms with Crippen molar-refractivity contribution in [1.29, 1.82) is 0 Å². The molecule has 1 aromatic heterocycles. The number of amides is 8. The van der Waals surface area contributed by atoms with Crippen LogP contribution in [0.2, 0.25) is 0 Å². The summed E-state index contributed by atoms with van der Waals surface area (Å²) in [6, 6.07) is 0.0591. The first-order chi connectivity index (χ1) is 34.6. The number of hydrogen-bond donors (Lipinski definition) is 7. The van der Waals surface area contributed by atoms with Crippen LogP contribution in [0.4, 0.5) is 0 Å². The Morgan fingerprint density at radius 2 is 1.53 bits per heavy atom. The van der Waals surface area contributed by atoms with Gasteiger partial charge in [-0.3, -0.25) is 62.4 Å². The fourth-order valence-corrected chi connectivity index (χ4v) is 11.6. The van der Waals surface area contributed by atoms with E-state index in [1.165, 1.54) is 11.8 Å². The topological polar surface area (TPSA) is 321 Å². The molecule has 0 aliphatic carbocycles. The largest absolute Gasteiger partial charge is 0.391 e. The standard InChI is InChI=1S/C50H66N8O13S2/c1-6-24(3)44-36(61)10-11-41(65)53-34-23-73-48-32(31-13-26(8-9-33(31)54-48)12-29(59)22-58-43(67)19-39(72-5)50(58)71)14-27(46(68)52-20-42(66)55-44)15-38(63)45(25(4)7-2)56-47(69)35-18-30(60)21-57(35)49(70)28(16-37(34)62)17-40(51)64/h8-9,13,24-25,27-28,30,34-35,39,44-45,54,60H,6-7,10-12,14-23H2,1-5H3,(H2,51,64)(H,52,68)(H,53,65)(H,55,66)(H,56,69)/t24-,25?,27+,28-,30+,34-,35-,39?,44-,45-/m0/s1. The summed E-state index contributed by atoms with van der Waals surface area (Å²) in [5, 5.41) is 22.0. The van der Waals surface area contributed by atoms with Gasteiger partial charge in [0.1, 0.15) is 6.04 Å². The van der Waals surface area contributed by atoms with Crippen LogP contribution < -0.4 is 27.0 Å². The van der Waals surface area contributed by atoms with Crippen LogP contribution in [-0.4, -0.2) is 157 Å². The van der Waals surface area contributed by atoms with E-state index in [0.29, 0.717) is 39.9 Å². The maximum Gasteiger partial charge on any atom is 0.243 e. The van der Waals surface area contributed by atoms with Gasteiger partial charge in [-0.15, -0.1) is 11.8 Å². The molecule has 2 saturated heterocycles. The highest BCUT2D eigenvalue weighted by Gasteiger charge is 2.45. The van der Waals surface area contributed by atoms with Gasteiger partial charge in [0.15, 0.2) is 23.1 Å². The number of Topliss-reactive ketones (excluding diaryl/α,β-unsaturated/α-hetero) is 4. The summed E-state index contributed by atoms with van der Waals surface area (Å²) < 4.78 is 0. The number of primary amides is 1. The van der Waals surface area contributed by atoms with Crippen molar-refractivity contribution >= 4 is 105 Å². The number of rotatable bonds is 11. The van der Waals surface area contributed by atoms with Crippen molar-refractivity contribution in [2.75, 3.05) is 31.6 Å². The third kappa shape index (κ3) is 13.8. The van der Waals surface area contributed by atoms with Crippen LogP contribution in [0.1, 0.15) is 96.6 Å². The van der Waals surface area contributed by atoms with Crippen LogP contribution in [0.3, 0.4) is 0 Å². The predicted molar refractivity (Wildman–Crippen MR) is 268 cm³/mol. The first-order valence-corrected chi connectivity index (χ1v) is 27.1. The van der Waals surface area contributed by atoms with E-state index in [1.54, 1.807) is 45.2 Å². The van der Waals surface area contributed by atoms with E-state index < -0.39 is 168 Å². The molecule has 73 heavy (non-hydrogen) atoms. The normalized spacial score (nSPS) is 27.5. The molecule has 5 heterocycles. The number of aromatic nitrogens is 1. The Morgan fingerprint density at radius 1 is 0.836 bits per heavy atom. The van der Waals surface area contributed by atoms with Crippen molar-refractivity contribution in [2.24, 2.45) is 29.4 Å². The van der Waals surface area contributed by atoms with Gasteiger partial charge in [-0.2, -0.15) is 11.8 Å². The number of hydrogen-bond acceptors (Lipinski definition) is 15. The molecular weight excluding hydrogens is 985 g/mol. The van der Waals surface area contributed by atoms with Crippen molar-refractivity contribution in [2.45, 2.75) is 139 Å². The van der Waals surface area contributed by atoms with Crippen molar-refractivity contribution in [3.63, 3.8) is 0 Å². The summed E-state index contributed by atoms with van der Waals surface area (Å²) in [5.74, 6) is -11.6. The number of likely N-dealkylation sites (tertiary alicyclic amines) is 1.